The quantitative estimate of drug-likeness (QED) is 0.644. The second-order valence-electron chi connectivity index (χ2n) is 5.15. The summed E-state index contributed by atoms with van der Waals surface area (Å²) in [5, 5.41) is 8.79. The topological polar surface area (TPSA) is 70.4 Å². The predicted molar refractivity (Wildman–Crippen MR) is 61.2 cm³/mol. The van der Waals surface area contributed by atoms with Gasteiger partial charge >= 0.3 is 6.09 Å². The molecule has 17 heavy (non-hydrogen) atoms. The molecule has 1 unspecified atom stereocenters. The van der Waals surface area contributed by atoms with Crippen molar-refractivity contribution < 1.29 is 14.3 Å². The minimum atomic E-state index is -0.581. The first kappa shape index (κ1) is 13.5. The Morgan fingerprint density at radius 1 is 1.47 bits per heavy atom. The number of rotatable bonds is 0. The summed E-state index contributed by atoms with van der Waals surface area (Å²) < 4.78 is 5.23. The molecule has 1 aliphatic rings. The number of nitrogens with zero attached hydrogens (tertiary/aromatic N) is 2. The zero-order valence-electron chi connectivity index (χ0n) is 10.5. The average molecular weight is 238 g/mol. The first-order chi connectivity index (χ1) is 7.83. The summed E-state index contributed by atoms with van der Waals surface area (Å²) in [4.78, 5) is 24.8. The van der Waals surface area contributed by atoms with Crippen molar-refractivity contribution in [2.24, 2.45) is 5.92 Å². The zero-order chi connectivity index (χ0) is 13.1. The molecule has 1 saturated heterocycles. The van der Waals surface area contributed by atoms with E-state index in [2.05, 4.69) is 0 Å². The molecule has 1 heterocycles. The lowest BCUT2D eigenvalue weighted by Gasteiger charge is -2.26. The molecule has 0 bridgehead atoms. The first-order valence-electron chi connectivity index (χ1n) is 5.74. The molecule has 0 aliphatic carbocycles. The summed E-state index contributed by atoms with van der Waals surface area (Å²) in [6.45, 7) is 6.13. The standard InChI is InChI=1S/C12H18N2O3/c1-12(2,3)17-11(16)14-6-4-9(8-13)10(15)5-7-14/h9H,4-7H2,1-3H3. The van der Waals surface area contributed by atoms with Crippen LogP contribution in [0, 0.1) is 17.2 Å². The normalized spacial score (nSPS) is 21.6. The van der Waals surface area contributed by atoms with E-state index in [1.54, 1.807) is 20.8 Å². The lowest BCUT2D eigenvalue weighted by Crippen LogP contribution is -2.37. The Bertz CT molecular complexity index is 352. The summed E-state index contributed by atoms with van der Waals surface area (Å²) in [5.74, 6) is -0.666. The van der Waals surface area contributed by atoms with E-state index in [0.717, 1.165) is 0 Å². The van der Waals surface area contributed by atoms with E-state index in [1.807, 2.05) is 6.07 Å². The number of ether oxygens (including phenoxy) is 1. The number of amides is 1. The van der Waals surface area contributed by atoms with Crippen LogP contribution in [0.1, 0.15) is 33.6 Å². The van der Waals surface area contributed by atoms with Gasteiger partial charge in [-0.25, -0.2) is 4.79 Å². The fraction of sp³-hybridized carbons (Fsp3) is 0.750. The SMILES string of the molecule is CC(C)(C)OC(=O)N1CCC(=O)C(C#N)CC1. The van der Waals surface area contributed by atoms with Crippen molar-refractivity contribution in [3.05, 3.63) is 0 Å². The third-order valence-electron chi connectivity index (χ3n) is 2.51. The minimum Gasteiger partial charge on any atom is -0.444 e. The highest BCUT2D eigenvalue weighted by Crippen LogP contribution is 2.16. The molecule has 1 atom stereocenters. The van der Waals surface area contributed by atoms with Gasteiger partial charge in [0.15, 0.2) is 5.78 Å². The molecular weight excluding hydrogens is 220 g/mol. The predicted octanol–water partition coefficient (Wildman–Crippen LogP) is 1.73. The van der Waals surface area contributed by atoms with Gasteiger partial charge in [0, 0.05) is 19.5 Å². The number of likely N-dealkylation sites (tertiary alicyclic amines) is 1. The van der Waals surface area contributed by atoms with Gasteiger partial charge < -0.3 is 9.64 Å². The van der Waals surface area contributed by atoms with Gasteiger partial charge in [-0.2, -0.15) is 5.26 Å². The molecular formula is C12H18N2O3. The highest BCUT2D eigenvalue weighted by Gasteiger charge is 2.28. The van der Waals surface area contributed by atoms with Gasteiger partial charge in [0.1, 0.15) is 11.5 Å². The fourth-order valence-electron chi connectivity index (χ4n) is 1.62. The molecule has 0 spiro atoms. The van der Waals surface area contributed by atoms with Crippen molar-refractivity contribution in [2.75, 3.05) is 13.1 Å². The Hall–Kier alpha value is -1.57. The maximum atomic E-state index is 11.8. The third kappa shape index (κ3) is 4.06. The fourth-order valence-corrected chi connectivity index (χ4v) is 1.62. The van der Waals surface area contributed by atoms with Crippen LogP contribution in [-0.2, 0) is 9.53 Å². The van der Waals surface area contributed by atoms with Gasteiger partial charge in [0.05, 0.1) is 6.07 Å². The van der Waals surface area contributed by atoms with E-state index in [9.17, 15) is 9.59 Å². The second-order valence-corrected chi connectivity index (χ2v) is 5.15. The minimum absolute atomic E-state index is 0.0847. The number of hydrogen-bond donors (Lipinski definition) is 0. The number of nitriles is 1. The highest BCUT2D eigenvalue weighted by atomic mass is 16.6. The van der Waals surface area contributed by atoms with Crippen LogP contribution >= 0.6 is 0 Å². The number of carbonyl (C=O) groups excluding carboxylic acids is 2. The summed E-state index contributed by atoms with van der Waals surface area (Å²) in [6, 6.07) is 1.97. The molecule has 0 radical (unpaired) electrons. The van der Waals surface area contributed by atoms with Crippen molar-refractivity contribution in [3.8, 4) is 6.07 Å². The smallest absolute Gasteiger partial charge is 0.410 e. The molecule has 5 nitrogen and oxygen atoms in total. The number of hydrogen-bond acceptors (Lipinski definition) is 4. The van der Waals surface area contributed by atoms with Gasteiger partial charge in [-0.05, 0) is 27.2 Å². The van der Waals surface area contributed by atoms with Crippen LogP contribution < -0.4 is 0 Å². The van der Waals surface area contributed by atoms with Gasteiger partial charge in [-0.1, -0.05) is 0 Å². The Morgan fingerprint density at radius 2 is 2.12 bits per heavy atom. The van der Waals surface area contributed by atoms with Gasteiger partial charge in [0.25, 0.3) is 0 Å². The highest BCUT2D eigenvalue weighted by molar-refractivity contribution is 5.84. The third-order valence-corrected chi connectivity index (χ3v) is 2.51. The zero-order valence-corrected chi connectivity index (χ0v) is 10.5. The van der Waals surface area contributed by atoms with Crippen LogP contribution in [0.2, 0.25) is 0 Å². The molecule has 0 aromatic rings. The summed E-state index contributed by atoms with van der Waals surface area (Å²) in [5.41, 5.74) is -0.540. The Labute approximate surface area is 101 Å². The molecule has 1 amide bonds. The van der Waals surface area contributed by atoms with Crippen molar-refractivity contribution in [3.63, 3.8) is 0 Å². The molecule has 1 fully saturated rings. The molecule has 0 aromatic heterocycles. The summed E-state index contributed by atoms with van der Waals surface area (Å²) in [7, 11) is 0. The number of Topliss-reactive ketones (excluding diaryl/α,β-unsaturated/α-hetero) is 1. The van der Waals surface area contributed by atoms with Crippen LogP contribution in [0.5, 0.6) is 0 Å². The lowest BCUT2D eigenvalue weighted by molar-refractivity contribution is -0.120. The number of ketones is 1. The Morgan fingerprint density at radius 3 is 2.65 bits per heavy atom. The van der Waals surface area contributed by atoms with E-state index in [4.69, 9.17) is 10.00 Å². The largest absolute Gasteiger partial charge is 0.444 e. The van der Waals surface area contributed by atoms with E-state index in [-0.39, 0.29) is 12.2 Å². The molecule has 1 rings (SSSR count). The Balaban J connectivity index is 2.60. The van der Waals surface area contributed by atoms with Crippen molar-refractivity contribution in [1.82, 2.24) is 4.90 Å². The van der Waals surface area contributed by atoms with E-state index in [0.29, 0.717) is 19.5 Å². The maximum Gasteiger partial charge on any atom is 0.410 e. The van der Waals surface area contributed by atoms with Crippen molar-refractivity contribution in [2.45, 2.75) is 39.2 Å². The molecule has 5 heteroatoms. The molecule has 94 valence electrons. The van der Waals surface area contributed by atoms with E-state index < -0.39 is 17.6 Å². The lowest BCUT2D eigenvalue weighted by atomic mass is 10.0. The molecule has 0 aromatic carbocycles. The van der Waals surface area contributed by atoms with Crippen molar-refractivity contribution in [1.29, 1.82) is 5.26 Å². The van der Waals surface area contributed by atoms with Gasteiger partial charge in [0.2, 0.25) is 0 Å². The molecule has 1 aliphatic heterocycles. The van der Waals surface area contributed by atoms with Crippen molar-refractivity contribution >= 4 is 11.9 Å². The average Bonchev–Trinajstić information content (AvgIpc) is 2.37. The maximum absolute atomic E-state index is 11.8. The van der Waals surface area contributed by atoms with Crippen LogP contribution in [0.3, 0.4) is 0 Å². The second kappa shape index (κ2) is 5.17. The van der Waals surface area contributed by atoms with Crippen LogP contribution in [0.15, 0.2) is 0 Å². The van der Waals surface area contributed by atoms with Gasteiger partial charge in [-0.3, -0.25) is 4.79 Å². The summed E-state index contributed by atoms with van der Waals surface area (Å²) in [6.07, 6.45) is 0.218. The van der Waals surface area contributed by atoms with E-state index in [1.165, 1.54) is 4.90 Å². The molecule has 0 N–H and O–H groups in total. The monoisotopic (exact) mass is 238 g/mol. The molecule has 0 saturated carbocycles. The summed E-state index contributed by atoms with van der Waals surface area (Å²) >= 11 is 0. The first-order valence-corrected chi connectivity index (χ1v) is 5.74. The van der Waals surface area contributed by atoms with Gasteiger partial charge in [-0.15, -0.1) is 0 Å². The number of carbonyl (C=O) groups is 2. The van der Waals surface area contributed by atoms with Crippen LogP contribution in [0.4, 0.5) is 4.79 Å². The van der Waals surface area contributed by atoms with Crippen LogP contribution in [-0.4, -0.2) is 35.5 Å². The Kier molecular flexibility index (Phi) is 4.11. The van der Waals surface area contributed by atoms with E-state index >= 15 is 0 Å². The van der Waals surface area contributed by atoms with Crippen LogP contribution in [0.25, 0.3) is 0 Å².